The molecule has 1 aromatic heterocycles. The standard InChI is InChI=1S/C12H16ClN3O3S/c1-20-8-4-2-3-6-15-12(17)9-5-7-14-11(13)10(9)16(18)19/h5,7H,2-4,6,8H2,1H3,(H,15,17). The topological polar surface area (TPSA) is 85.1 Å². The molecular formula is C12H16ClN3O3S. The minimum absolute atomic E-state index is 0.0564. The third kappa shape index (κ3) is 4.97. The maximum Gasteiger partial charge on any atom is 0.319 e. The smallest absolute Gasteiger partial charge is 0.319 e. The van der Waals surface area contributed by atoms with Crippen LogP contribution in [0.3, 0.4) is 0 Å². The van der Waals surface area contributed by atoms with E-state index in [0.29, 0.717) is 6.54 Å². The molecule has 1 heterocycles. The fourth-order valence-electron chi connectivity index (χ4n) is 1.63. The summed E-state index contributed by atoms with van der Waals surface area (Å²) in [6.45, 7) is 0.490. The lowest BCUT2D eigenvalue weighted by atomic mass is 10.2. The van der Waals surface area contributed by atoms with Crippen LogP contribution in [0.5, 0.6) is 0 Å². The summed E-state index contributed by atoms with van der Waals surface area (Å²) >= 11 is 7.44. The number of carbonyl (C=O) groups is 1. The fraction of sp³-hybridized carbons (Fsp3) is 0.500. The van der Waals surface area contributed by atoms with Gasteiger partial charge in [0.1, 0.15) is 5.56 Å². The SMILES string of the molecule is CSCCCCCNC(=O)c1ccnc(Cl)c1[N+](=O)[O-]. The number of hydrogen-bond donors (Lipinski definition) is 1. The van der Waals surface area contributed by atoms with Crippen molar-refractivity contribution in [3.8, 4) is 0 Å². The Morgan fingerprint density at radius 3 is 2.90 bits per heavy atom. The van der Waals surface area contributed by atoms with E-state index >= 15 is 0 Å². The molecule has 0 unspecified atom stereocenters. The van der Waals surface area contributed by atoms with Gasteiger partial charge in [0.15, 0.2) is 0 Å². The van der Waals surface area contributed by atoms with Crippen molar-refractivity contribution in [3.63, 3.8) is 0 Å². The highest BCUT2D eigenvalue weighted by Gasteiger charge is 2.24. The van der Waals surface area contributed by atoms with Crippen molar-refractivity contribution in [3.05, 3.63) is 33.1 Å². The Labute approximate surface area is 126 Å². The van der Waals surface area contributed by atoms with E-state index in [1.165, 1.54) is 12.3 Å². The number of halogens is 1. The molecule has 0 radical (unpaired) electrons. The average molecular weight is 318 g/mol. The highest BCUT2D eigenvalue weighted by molar-refractivity contribution is 7.98. The Hall–Kier alpha value is -1.34. The predicted octanol–water partition coefficient (Wildman–Crippen LogP) is 2.91. The van der Waals surface area contributed by atoms with Gasteiger partial charge in [0, 0.05) is 12.7 Å². The zero-order valence-corrected chi connectivity index (χ0v) is 12.7. The highest BCUT2D eigenvalue weighted by atomic mass is 35.5. The monoisotopic (exact) mass is 317 g/mol. The molecule has 1 amide bonds. The molecule has 0 spiro atoms. The molecule has 0 bridgehead atoms. The number of amides is 1. The summed E-state index contributed by atoms with van der Waals surface area (Å²) in [7, 11) is 0. The van der Waals surface area contributed by atoms with Gasteiger partial charge in [-0.2, -0.15) is 11.8 Å². The second kappa shape index (κ2) is 8.76. The molecule has 0 atom stereocenters. The highest BCUT2D eigenvalue weighted by Crippen LogP contribution is 2.25. The normalized spacial score (nSPS) is 10.3. The number of rotatable bonds is 8. The van der Waals surface area contributed by atoms with Gasteiger partial charge in [-0.25, -0.2) is 4.98 Å². The Kier molecular flexibility index (Phi) is 7.32. The molecule has 1 aromatic rings. The summed E-state index contributed by atoms with van der Waals surface area (Å²) in [4.78, 5) is 25.7. The molecule has 0 fully saturated rings. The van der Waals surface area contributed by atoms with Crippen molar-refractivity contribution in [1.29, 1.82) is 0 Å². The van der Waals surface area contributed by atoms with Crippen LogP contribution in [0, 0.1) is 10.1 Å². The molecule has 8 heteroatoms. The van der Waals surface area contributed by atoms with E-state index in [1.807, 2.05) is 6.26 Å². The van der Waals surface area contributed by atoms with E-state index in [2.05, 4.69) is 10.3 Å². The first kappa shape index (κ1) is 16.7. The first-order valence-electron chi connectivity index (χ1n) is 6.14. The Bertz CT molecular complexity index is 485. The molecule has 0 aliphatic carbocycles. The van der Waals surface area contributed by atoms with E-state index in [1.54, 1.807) is 11.8 Å². The first-order valence-corrected chi connectivity index (χ1v) is 7.91. The second-order valence-corrected chi connectivity index (χ2v) is 5.41. The van der Waals surface area contributed by atoms with E-state index in [9.17, 15) is 14.9 Å². The fourth-order valence-corrected chi connectivity index (χ4v) is 2.35. The van der Waals surface area contributed by atoms with E-state index in [-0.39, 0.29) is 10.7 Å². The number of thioether (sulfide) groups is 1. The predicted molar refractivity (Wildman–Crippen MR) is 80.5 cm³/mol. The molecule has 20 heavy (non-hydrogen) atoms. The first-order chi connectivity index (χ1) is 9.57. The van der Waals surface area contributed by atoms with Crippen LogP contribution in [0.4, 0.5) is 5.69 Å². The van der Waals surface area contributed by atoms with Crippen LogP contribution in [0.1, 0.15) is 29.6 Å². The van der Waals surface area contributed by atoms with Crippen LogP contribution in [-0.4, -0.2) is 34.4 Å². The number of unbranched alkanes of at least 4 members (excludes halogenated alkanes) is 2. The van der Waals surface area contributed by atoms with Gasteiger partial charge in [0.05, 0.1) is 4.92 Å². The largest absolute Gasteiger partial charge is 0.352 e. The van der Waals surface area contributed by atoms with Gasteiger partial charge in [-0.3, -0.25) is 14.9 Å². The minimum atomic E-state index is -0.692. The van der Waals surface area contributed by atoms with Crippen LogP contribution in [0.25, 0.3) is 0 Å². The number of hydrogen-bond acceptors (Lipinski definition) is 5. The molecule has 1 rings (SSSR count). The summed E-state index contributed by atoms with van der Waals surface area (Å²) in [6.07, 6.45) is 6.29. The van der Waals surface area contributed by atoms with E-state index in [0.717, 1.165) is 25.0 Å². The molecule has 1 N–H and O–H groups in total. The van der Waals surface area contributed by atoms with E-state index < -0.39 is 16.5 Å². The molecule has 0 aliphatic heterocycles. The van der Waals surface area contributed by atoms with Gasteiger partial charge in [-0.05, 0) is 30.9 Å². The van der Waals surface area contributed by atoms with Crippen molar-refractivity contribution >= 4 is 35.0 Å². The molecule has 110 valence electrons. The van der Waals surface area contributed by atoms with Gasteiger partial charge in [-0.1, -0.05) is 18.0 Å². The van der Waals surface area contributed by atoms with Gasteiger partial charge in [-0.15, -0.1) is 0 Å². The average Bonchev–Trinajstić information content (AvgIpc) is 2.41. The van der Waals surface area contributed by atoms with Crippen LogP contribution < -0.4 is 5.32 Å². The quantitative estimate of drug-likeness (QED) is 0.345. The number of nitro groups is 1. The van der Waals surface area contributed by atoms with Gasteiger partial charge in [0.2, 0.25) is 5.15 Å². The van der Waals surface area contributed by atoms with Crippen molar-refractivity contribution in [2.45, 2.75) is 19.3 Å². The Morgan fingerprint density at radius 2 is 2.25 bits per heavy atom. The Morgan fingerprint density at radius 1 is 1.50 bits per heavy atom. The molecular weight excluding hydrogens is 302 g/mol. The summed E-state index contributed by atoms with van der Waals surface area (Å²) in [5, 5.41) is 13.3. The van der Waals surface area contributed by atoms with Gasteiger partial charge in [0.25, 0.3) is 5.91 Å². The number of nitrogens with one attached hydrogen (secondary N) is 1. The zero-order valence-electron chi connectivity index (χ0n) is 11.1. The van der Waals surface area contributed by atoms with Crippen molar-refractivity contribution in [1.82, 2.24) is 10.3 Å². The molecule has 6 nitrogen and oxygen atoms in total. The number of pyridine rings is 1. The van der Waals surface area contributed by atoms with Gasteiger partial charge < -0.3 is 5.32 Å². The zero-order chi connectivity index (χ0) is 15.0. The molecule has 0 saturated heterocycles. The van der Waals surface area contributed by atoms with Crippen molar-refractivity contribution < 1.29 is 9.72 Å². The molecule has 0 aliphatic rings. The second-order valence-electron chi connectivity index (χ2n) is 4.06. The number of aromatic nitrogens is 1. The van der Waals surface area contributed by atoms with Crippen molar-refractivity contribution in [2.24, 2.45) is 0 Å². The molecule has 0 saturated carbocycles. The summed E-state index contributed by atoms with van der Waals surface area (Å²) in [6, 6.07) is 1.30. The van der Waals surface area contributed by atoms with E-state index in [4.69, 9.17) is 11.6 Å². The van der Waals surface area contributed by atoms with Crippen LogP contribution in [-0.2, 0) is 0 Å². The van der Waals surface area contributed by atoms with Gasteiger partial charge >= 0.3 is 5.69 Å². The minimum Gasteiger partial charge on any atom is -0.352 e. The number of carbonyl (C=O) groups excluding carboxylic acids is 1. The maximum absolute atomic E-state index is 11.9. The summed E-state index contributed by atoms with van der Waals surface area (Å²) in [5.74, 6) is 0.602. The lowest BCUT2D eigenvalue weighted by Crippen LogP contribution is -2.25. The summed E-state index contributed by atoms with van der Waals surface area (Å²) < 4.78 is 0. The van der Waals surface area contributed by atoms with Crippen molar-refractivity contribution in [2.75, 3.05) is 18.6 Å². The Balaban J connectivity index is 2.56. The lowest BCUT2D eigenvalue weighted by Gasteiger charge is -2.06. The third-order valence-corrected chi connectivity index (χ3v) is 3.59. The lowest BCUT2D eigenvalue weighted by molar-refractivity contribution is -0.385. The maximum atomic E-state index is 11.9. The van der Waals surface area contributed by atoms with Crippen LogP contribution >= 0.6 is 23.4 Å². The van der Waals surface area contributed by atoms with Crippen LogP contribution in [0.2, 0.25) is 5.15 Å². The van der Waals surface area contributed by atoms with Crippen LogP contribution in [0.15, 0.2) is 12.3 Å². The third-order valence-electron chi connectivity index (χ3n) is 2.62. The molecule has 0 aromatic carbocycles. The summed E-state index contributed by atoms with van der Waals surface area (Å²) in [5.41, 5.74) is -0.506. The number of nitrogens with zero attached hydrogens (tertiary/aromatic N) is 2.